The van der Waals surface area contributed by atoms with Crippen molar-refractivity contribution in [2.45, 2.75) is 14.7 Å². The Balaban J connectivity index is 2.35. The van der Waals surface area contributed by atoms with Crippen molar-refractivity contribution in [2.75, 3.05) is 12.3 Å². The monoisotopic (exact) mass is 413 g/mol. The van der Waals surface area contributed by atoms with Crippen LogP contribution in [0.5, 0.6) is 0 Å². The van der Waals surface area contributed by atoms with Crippen molar-refractivity contribution < 1.29 is 31.1 Å². The van der Waals surface area contributed by atoms with Gasteiger partial charge in [0, 0.05) is 6.54 Å². The zero-order valence-corrected chi connectivity index (χ0v) is 15.5. The minimum absolute atomic E-state index is 0.00884. The number of hydrogen-bond donors (Lipinski definition) is 2. The zero-order chi connectivity index (χ0) is 20.1. The van der Waals surface area contributed by atoms with Gasteiger partial charge in [0.15, 0.2) is 9.84 Å². The van der Waals surface area contributed by atoms with Crippen LogP contribution in [0.3, 0.4) is 0 Å². The summed E-state index contributed by atoms with van der Waals surface area (Å²) >= 11 is 0. The first-order valence-electron chi connectivity index (χ1n) is 7.55. The van der Waals surface area contributed by atoms with Crippen molar-refractivity contribution in [1.29, 1.82) is 0 Å². The number of halogens is 1. The van der Waals surface area contributed by atoms with E-state index in [0.717, 1.165) is 6.07 Å². The highest BCUT2D eigenvalue weighted by Crippen LogP contribution is 2.24. The van der Waals surface area contributed by atoms with Gasteiger partial charge in [-0.3, -0.25) is 0 Å². The predicted octanol–water partition coefficient (Wildman–Crippen LogP) is 2.41. The average Bonchev–Trinajstić information content (AvgIpc) is 2.65. The topological polar surface area (TPSA) is 118 Å². The third-order valence-electron chi connectivity index (χ3n) is 3.52. The molecule has 0 radical (unpaired) electrons. The van der Waals surface area contributed by atoms with E-state index >= 15 is 0 Å². The van der Waals surface area contributed by atoms with Crippen LogP contribution in [0.4, 0.5) is 9.18 Å². The summed E-state index contributed by atoms with van der Waals surface area (Å²) < 4.78 is 63.1. The molecular weight excluding hydrogens is 397 g/mol. The lowest BCUT2D eigenvalue weighted by Crippen LogP contribution is -2.26. The molecule has 0 aliphatic heterocycles. The molecule has 0 aromatic heterocycles. The van der Waals surface area contributed by atoms with Gasteiger partial charge in [0.25, 0.3) is 0 Å². The minimum atomic E-state index is -4.09. The molecule has 2 N–H and O–H groups in total. The van der Waals surface area contributed by atoms with Crippen molar-refractivity contribution in [1.82, 2.24) is 5.32 Å². The average molecular weight is 413 g/mol. The fourth-order valence-corrected chi connectivity index (χ4v) is 5.02. The number of carbonyl (C=O) groups is 1. The number of hydrogen-bond acceptors (Lipinski definition) is 5. The molecule has 2 rings (SSSR count). The van der Waals surface area contributed by atoms with E-state index in [1.165, 1.54) is 30.3 Å². The van der Waals surface area contributed by atoms with Gasteiger partial charge >= 0.3 is 6.09 Å². The molecule has 0 unspecified atom stereocenters. The second-order valence-electron chi connectivity index (χ2n) is 5.48. The Kier molecular flexibility index (Phi) is 6.34. The van der Waals surface area contributed by atoms with Crippen molar-refractivity contribution in [2.24, 2.45) is 0 Å². The molecule has 27 heavy (non-hydrogen) atoms. The molecule has 0 atom stereocenters. The van der Waals surface area contributed by atoms with Crippen LogP contribution in [0.1, 0.15) is 0 Å². The summed E-state index contributed by atoms with van der Waals surface area (Å²) in [6.45, 7) is -0.507. The Bertz CT molecular complexity index is 1060. The Morgan fingerprint density at radius 2 is 1.56 bits per heavy atom. The molecule has 144 valence electrons. The van der Waals surface area contributed by atoms with Crippen molar-refractivity contribution in [3.05, 3.63) is 66.5 Å². The standard InChI is InChI=1S/C17H16FNO6S2/c18-10-13(11-19-17(20)21)12-26(22,23)15-7-4-8-16(9-15)27(24,25)14-5-2-1-3-6-14/h1-10,19H,11-12H2,(H,20,21). The summed E-state index contributed by atoms with van der Waals surface area (Å²) in [6.07, 6.45) is -1.42. The SMILES string of the molecule is O=C(O)NCC(=CF)CS(=O)(=O)c1cccc(S(=O)(=O)c2ccccc2)c1. The molecule has 2 aromatic rings. The summed E-state index contributed by atoms with van der Waals surface area (Å²) in [7, 11) is -8.01. The minimum Gasteiger partial charge on any atom is -0.465 e. The smallest absolute Gasteiger partial charge is 0.404 e. The lowest BCUT2D eigenvalue weighted by molar-refractivity contribution is 0.195. The second kappa shape index (κ2) is 8.31. The van der Waals surface area contributed by atoms with Crippen LogP contribution in [-0.4, -0.2) is 40.3 Å². The van der Waals surface area contributed by atoms with E-state index in [2.05, 4.69) is 0 Å². The van der Waals surface area contributed by atoms with Gasteiger partial charge in [-0.1, -0.05) is 24.3 Å². The van der Waals surface area contributed by atoms with Crippen LogP contribution >= 0.6 is 0 Å². The van der Waals surface area contributed by atoms with Crippen molar-refractivity contribution in [3.63, 3.8) is 0 Å². The molecule has 0 saturated heterocycles. The highest BCUT2D eigenvalue weighted by atomic mass is 32.2. The normalized spacial score (nSPS) is 12.6. The Hall–Kier alpha value is -2.72. The molecule has 0 saturated carbocycles. The number of carboxylic acid groups (broad SMARTS) is 1. The van der Waals surface area contributed by atoms with Crippen LogP contribution < -0.4 is 5.32 Å². The summed E-state index contributed by atoms with van der Waals surface area (Å²) in [5, 5.41) is 10.4. The molecule has 10 heteroatoms. The Morgan fingerprint density at radius 3 is 2.15 bits per heavy atom. The van der Waals surface area contributed by atoms with Crippen molar-refractivity contribution >= 4 is 25.8 Å². The lowest BCUT2D eigenvalue weighted by atomic mass is 10.3. The quantitative estimate of drug-likeness (QED) is 0.720. The van der Waals surface area contributed by atoms with E-state index in [1.54, 1.807) is 18.2 Å². The van der Waals surface area contributed by atoms with Gasteiger partial charge in [-0.15, -0.1) is 0 Å². The fraction of sp³-hybridized carbons (Fsp3) is 0.118. The largest absolute Gasteiger partial charge is 0.465 e. The number of rotatable bonds is 7. The molecule has 0 fully saturated rings. The van der Waals surface area contributed by atoms with Crippen LogP contribution in [0.15, 0.2) is 81.2 Å². The van der Waals surface area contributed by atoms with Crippen molar-refractivity contribution in [3.8, 4) is 0 Å². The molecule has 1 amide bonds. The maximum atomic E-state index is 12.9. The number of sulfone groups is 2. The van der Waals surface area contributed by atoms with Crippen LogP contribution in [0.25, 0.3) is 0 Å². The van der Waals surface area contributed by atoms with Gasteiger partial charge in [-0.05, 0) is 35.9 Å². The fourth-order valence-electron chi connectivity index (χ4n) is 2.21. The van der Waals surface area contributed by atoms with E-state index in [1.807, 2.05) is 5.32 Å². The van der Waals surface area contributed by atoms with E-state index in [9.17, 15) is 26.0 Å². The third-order valence-corrected chi connectivity index (χ3v) is 7.02. The van der Waals surface area contributed by atoms with Gasteiger partial charge in [0.1, 0.15) is 0 Å². The molecular formula is C17H16FNO6S2. The maximum Gasteiger partial charge on any atom is 0.404 e. The first-order chi connectivity index (χ1) is 12.7. The van der Waals surface area contributed by atoms with Gasteiger partial charge in [0.2, 0.25) is 9.84 Å². The number of nitrogens with one attached hydrogen (secondary N) is 1. The number of benzene rings is 2. The lowest BCUT2D eigenvalue weighted by Gasteiger charge is -2.10. The van der Waals surface area contributed by atoms with Gasteiger partial charge in [0.05, 0.1) is 26.8 Å². The Labute approximate surface area is 156 Å². The van der Waals surface area contributed by atoms with Crippen LogP contribution in [0.2, 0.25) is 0 Å². The van der Waals surface area contributed by atoms with E-state index in [-0.39, 0.29) is 26.6 Å². The van der Waals surface area contributed by atoms with E-state index in [0.29, 0.717) is 0 Å². The van der Waals surface area contributed by atoms with Crippen LogP contribution in [-0.2, 0) is 19.7 Å². The van der Waals surface area contributed by atoms with Gasteiger partial charge < -0.3 is 10.4 Å². The third kappa shape index (κ3) is 5.14. The molecule has 0 aliphatic rings. The van der Waals surface area contributed by atoms with Gasteiger partial charge in [-0.25, -0.2) is 26.0 Å². The van der Waals surface area contributed by atoms with Gasteiger partial charge in [-0.2, -0.15) is 0 Å². The second-order valence-corrected chi connectivity index (χ2v) is 9.42. The molecule has 7 nitrogen and oxygen atoms in total. The summed E-state index contributed by atoms with van der Waals surface area (Å²) in [6, 6.07) is 12.2. The van der Waals surface area contributed by atoms with Crippen LogP contribution in [0, 0.1) is 0 Å². The molecule has 0 spiro atoms. The molecule has 0 aliphatic carbocycles. The highest BCUT2D eigenvalue weighted by molar-refractivity contribution is 7.92. The van der Waals surface area contributed by atoms with E-state index < -0.39 is 38.1 Å². The molecule has 0 bridgehead atoms. The Morgan fingerprint density at radius 1 is 0.963 bits per heavy atom. The van der Waals surface area contributed by atoms with E-state index in [4.69, 9.17) is 5.11 Å². The molecule has 0 heterocycles. The summed E-state index contributed by atoms with van der Waals surface area (Å²) in [5.74, 6) is -0.793. The first-order valence-corrected chi connectivity index (χ1v) is 10.7. The zero-order valence-electron chi connectivity index (χ0n) is 13.9. The molecule has 2 aromatic carbocycles. The first kappa shape index (κ1) is 20.6. The summed E-state index contributed by atoms with van der Waals surface area (Å²) in [5.41, 5.74) is -0.311. The summed E-state index contributed by atoms with van der Waals surface area (Å²) in [4.78, 5) is 9.95. The number of amides is 1. The maximum absolute atomic E-state index is 12.9. The predicted molar refractivity (Wildman–Crippen MR) is 95.6 cm³/mol. The highest BCUT2D eigenvalue weighted by Gasteiger charge is 2.22.